The minimum Gasteiger partial charge on any atom is -0.380 e. The van der Waals surface area contributed by atoms with Crippen LogP contribution in [-0.2, 0) is 11.3 Å². The van der Waals surface area contributed by atoms with E-state index >= 15 is 0 Å². The third-order valence-corrected chi connectivity index (χ3v) is 5.68. The molecule has 5 nitrogen and oxygen atoms in total. The first-order valence-electron chi connectivity index (χ1n) is 8.08. The molecule has 0 atom stereocenters. The van der Waals surface area contributed by atoms with Gasteiger partial charge in [-0.3, -0.25) is 9.89 Å². The van der Waals surface area contributed by atoms with E-state index in [1.54, 1.807) is 11.3 Å². The van der Waals surface area contributed by atoms with Gasteiger partial charge in [0.1, 0.15) is 0 Å². The van der Waals surface area contributed by atoms with Crippen LogP contribution < -0.4 is 5.32 Å². The minimum atomic E-state index is 0. The molecule has 1 aromatic rings. The van der Waals surface area contributed by atoms with E-state index in [1.165, 1.54) is 4.88 Å². The number of ether oxygens (including phenoxy) is 1. The van der Waals surface area contributed by atoms with Crippen LogP contribution in [0.3, 0.4) is 0 Å². The van der Waals surface area contributed by atoms with Gasteiger partial charge in [0.2, 0.25) is 0 Å². The van der Waals surface area contributed by atoms with Crippen LogP contribution in [0.1, 0.15) is 11.8 Å². The molecule has 1 aromatic heterocycles. The number of hydrogen-bond acceptors (Lipinski definition) is 4. The van der Waals surface area contributed by atoms with Crippen molar-refractivity contribution in [2.75, 3.05) is 53.0 Å². The maximum Gasteiger partial charge on any atom is 0.193 e. The quantitative estimate of drug-likeness (QED) is 0.405. The molecule has 136 valence electrons. The first kappa shape index (κ1) is 20.2. The van der Waals surface area contributed by atoms with Gasteiger partial charge in [0.05, 0.1) is 17.6 Å². The van der Waals surface area contributed by atoms with Crippen LogP contribution in [0, 0.1) is 5.41 Å². The summed E-state index contributed by atoms with van der Waals surface area (Å²) in [5.74, 6) is 1.01. The molecule has 3 rings (SSSR count). The van der Waals surface area contributed by atoms with Gasteiger partial charge in [-0.2, -0.15) is 0 Å². The van der Waals surface area contributed by atoms with Crippen LogP contribution in [0.5, 0.6) is 0 Å². The number of hydrogen-bond donors (Lipinski definition) is 1. The van der Waals surface area contributed by atoms with Crippen molar-refractivity contribution in [2.24, 2.45) is 10.4 Å². The monoisotopic (exact) mass is 484 g/mol. The van der Waals surface area contributed by atoms with Gasteiger partial charge in [-0.15, -0.1) is 35.3 Å². The molecule has 0 amide bonds. The zero-order valence-electron chi connectivity index (χ0n) is 14.3. The molecule has 1 N–H and O–H groups in total. The molecule has 2 aliphatic heterocycles. The Morgan fingerprint density at radius 3 is 2.54 bits per heavy atom. The Kier molecular flexibility index (Phi) is 7.60. The van der Waals surface area contributed by atoms with Crippen molar-refractivity contribution in [1.29, 1.82) is 0 Å². The Hall–Kier alpha value is -0.0900. The van der Waals surface area contributed by atoms with E-state index < -0.39 is 0 Å². The highest BCUT2D eigenvalue weighted by molar-refractivity contribution is 14.0. The first-order valence-corrected chi connectivity index (χ1v) is 9.27. The van der Waals surface area contributed by atoms with Gasteiger partial charge in [0.15, 0.2) is 5.96 Å². The van der Waals surface area contributed by atoms with E-state index in [2.05, 4.69) is 33.1 Å². The molecule has 0 unspecified atom stereocenters. The summed E-state index contributed by atoms with van der Waals surface area (Å²) in [4.78, 5) is 10.6. The van der Waals surface area contributed by atoms with Gasteiger partial charge >= 0.3 is 0 Å². The zero-order chi connectivity index (χ0) is 16.3. The smallest absolute Gasteiger partial charge is 0.193 e. The van der Waals surface area contributed by atoms with E-state index in [0.717, 1.165) is 62.8 Å². The fourth-order valence-electron chi connectivity index (χ4n) is 2.95. The van der Waals surface area contributed by atoms with Crippen molar-refractivity contribution in [1.82, 2.24) is 15.1 Å². The van der Waals surface area contributed by atoms with E-state index in [0.29, 0.717) is 0 Å². The maximum atomic E-state index is 6.01. The van der Waals surface area contributed by atoms with Crippen molar-refractivity contribution in [2.45, 2.75) is 13.5 Å². The third-order valence-electron chi connectivity index (χ3n) is 4.47. The normalized spacial score (nSPS) is 21.1. The number of aliphatic imine (C=N–C) groups is 1. The van der Waals surface area contributed by atoms with Crippen LogP contribution >= 0.6 is 46.9 Å². The second-order valence-corrected chi connectivity index (χ2v) is 8.47. The van der Waals surface area contributed by atoms with Gasteiger partial charge < -0.3 is 15.0 Å². The summed E-state index contributed by atoms with van der Waals surface area (Å²) in [6, 6.07) is 4.11. The van der Waals surface area contributed by atoms with Crippen molar-refractivity contribution in [3.63, 3.8) is 0 Å². The molecule has 3 heterocycles. The van der Waals surface area contributed by atoms with Crippen molar-refractivity contribution < 1.29 is 4.74 Å². The van der Waals surface area contributed by atoms with E-state index in [-0.39, 0.29) is 29.4 Å². The number of halogens is 2. The number of guanidine groups is 1. The standard InChI is InChI=1S/C16H25ClN4OS.HI/c1-16(11-22-12-16)10-19-15(18-2)21-7-5-20(6-8-21)9-13-3-4-14(17)23-13;/h3-4H,5-12H2,1-2H3,(H,18,19);1H. The average Bonchev–Trinajstić information content (AvgIpc) is 2.92. The number of nitrogens with zero attached hydrogens (tertiary/aromatic N) is 3. The molecular weight excluding hydrogens is 459 g/mol. The summed E-state index contributed by atoms with van der Waals surface area (Å²) in [6.07, 6.45) is 0. The van der Waals surface area contributed by atoms with Crippen molar-refractivity contribution >= 4 is 52.9 Å². The molecule has 0 aromatic carbocycles. The van der Waals surface area contributed by atoms with Crippen LogP contribution in [-0.4, -0.2) is 68.7 Å². The summed E-state index contributed by atoms with van der Waals surface area (Å²) >= 11 is 7.68. The number of nitrogens with one attached hydrogen (secondary N) is 1. The third kappa shape index (κ3) is 5.20. The first-order chi connectivity index (χ1) is 11.1. The number of piperazine rings is 1. The molecule has 2 saturated heterocycles. The zero-order valence-corrected chi connectivity index (χ0v) is 18.2. The Morgan fingerprint density at radius 2 is 2.04 bits per heavy atom. The summed E-state index contributed by atoms with van der Waals surface area (Å²) in [5, 5.41) is 3.51. The lowest BCUT2D eigenvalue weighted by Gasteiger charge is -2.40. The number of rotatable bonds is 4. The molecular formula is C16H26ClIN4OS. The van der Waals surface area contributed by atoms with E-state index in [4.69, 9.17) is 16.3 Å². The van der Waals surface area contributed by atoms with Gasteiger partial charge in [-0.05, 0) is 12.1 Å². The molecule has 0 saturated carbocycles. The van der Waals surface area contributed by atoms with Crippen molar-refractivity contribution in [3.8, 4) is 0 Å². The van der Waals surface area contributed by atoms with Crippen LogP contribution in [0.25, 0.3) is 0 Å². The van der Waals surface area contributed by atoms with Crippen LogP contribution in [0.15, 0.2) is 17.1 Å². The van der Waals surface area contributed by atoms with Crippen molar-refractivity contribution in [3.05, 3.63) is 21.3 Å². The van der Waals surface area contributed by atoms with Gasteiger partial charge in [0, 0.05) is 56.6 Å². The summed E-state index contributed by atoms with van der Waals surface area (Å²) in [5.41, 5.74) is 0.260. The Bertz CT molecular complexity index is 556. The summed E-state index contributed by atoms with van der Waals surface area (Å²) < 4.78 is 6.19. The van der Waals surface area contributed by atoms with Crippen LogP contribution in [0.4, 0.5) is 0 Å². The number of thiophene rings is 1. The maximum absolute atomic E-state index is 6.01. The highest BCUT2D eigenvalue weighted by atomic mass is 127. The van der Waals surface area contributed by atoms with Gasteiger partial charge in [-0.25, -0.2) is 0 Å². The largest absolute Gasteiger partial charge is 0.380 e. The fourth-order valence-corrected chi connectivity index (χ4v) is 4.08. The lowest BCUT2D eigenvalue weighted by molar-refractivity contribution is -0.0973. The Balaban J connectivity index is 0.00000208. The second-order valence-electron chi connectivity index (χ2n) is 6.67. The molecule has 0 aliphatic carbocycles. The highest BCUT2D eigenvalue weighted by Crippen LogP contribution is 2.25. The predicted octanol–water partition coefficient (Wildman–Crippen LogP) is 2.75. The SMILES string of the molecule is CN=C(NCC1(C)COC1)N1CCN(Cc2ccc(Cl)s2)CC1.I. The molecule has 2 aliphatic rings. The topological polar surface area (TPSA) is 40.1 Å². The molecule has 0 spiro atoms. The molecule has 0 radical (unpaired) electrons. The summed E-state index contributed by atoms with van der Waals surface area (Å²) in [6.45, 7) is 9.97. The van der Waals surface area contributed by atoms with Gasteiger partial charge in [0.25, 0.3) is 0 Å². The van der Waals surface area contributed by atoms with Gasteiger partial charge in [-0.1, -0.05) is 18.5 Å². The van der Waals surface area contributed by atoms with Crippen LogP contribution in [0.2, 0.25) is 4.34 Å². The predicted molar refractivity (Wildman–Crippen MR) is 112 cm³/mol. The molecule has 2 fully saturated rings. The fraction of sp³-hybridized carbons (Fsp3) is 0.688. The Labute approximate surface area is 170 Å². The minimum absolute atomic E-state index is 0. The molecule has 0 bridgehead atoms. The molecule has 8 heteroatoms. The molecule has 24 heavy (non-hydrogen) atoms. The van der Waals surface area contributed by atoms with E-state index in [1.807, 2.05) is 13.1 Å². The summed E-state index contributed by atoms with van der Waals surface area (Å²) in [7, 11) is 1.86. The lowest BCUT2D eigenvalue weighted by atomic mass is 9.89. The lowest BCUT2D eigenvalue weighted by Crippen LogP contribution is -2.55. The highest BCUT2D eigenvalue weighted by Gasteiger charge is 2.33. The second kappa shape index (κ2) is 9.02. The average molecular weight is 485 g/mol. The Morgan fingerprint density at radius 1 is 1.33 bits per heavy atom. The van der Waals surface area contributed by atoms with E-state index in [9.17, 15) is 0 Å².